The number of Topliss-reactive ketones (excluding diaryl/α,β-unsaturated/α-hetero) is 1. The minimum absolute atomic E-state index is 0.190. The van der Waals surface area contributed by atoms with Gasteiger partial charge in [0.25, 0.3) is 0 Å². The van der Waals surface area contributed by atoms with Crippen LogP contribution in [0.15, 0.2) is 18.2 Å². The monoisotopic (exact) mass is 224 g/mol. The lowest BCUT2D eigenvalue weighted by Crippen LogP contribution is -2.25. The van der Waals surface area contributed by atoms with Crippen molar-refractivity contribution in [2.75, 3.05) is 21.3 Å². The molecule has 88 valence electrons. The van der Waals surface area contributed by atoms with Crippen LogP contribution < -0.4 is 4.74 Å². The van der Waals surface area contributed by atoms with Gasteiger partial charge in [-0.1, -0.05) is 0 Å². The largest absolute Gasteiger partial charge is 0.497 e. The van der Waals surface area contributed by atoms with Gasteiger partial charge in [-0.3, -0.25) is 4.79 Å². The molecule has 1 aromatic rings. The molecule has 0 radical (unpaired) electrons. The molecule has 1 aromatic carbocycles. The van der Waals surface area contributed by atoms with Crippen molar-refractivity contribution in [3.8, 4) is 5.75 Å². The van der Waals surface area contributed by atoms with Crippen molar-refractivity contribution in [3.05, 3.63) is 29.3 Å². The van der Waals surface area contributed by atoms with Gasteiger partial charge >= 0.3 is 0 Å². The maximum absolute atomic E-state index is 11.9. The smallest absolute Gasteiger partial charge is 0.222 e. The van der Waals surface area contributed by atoms with Crippen molar-refractivity contribution >= 4 is 5.78 Å². The Morgan fingerprint density at radius 2 is 1.81 bits per heavy atom. The molecule has 0 aliphatic carbocycles. The second-order valence-corrected chi connectivity index (χ2v) is 3.35. The molecule has 0 atom stereocenters. The van der Waals surface area contributed by atoms with Gasteiger partial charge in [0.1, 0.15) is 5.75 Å². The number of rotatable bonds is 5. The summed E-state index contributed by atoms with van der Waals surface area (Å²) >= 11 is 0. The van der Waals surface area contributed by atoms with Crippen molar-refractivity contribution in [2.24, 2.45) is 0 Å². The number of ketones is 1. The zero-order chi connectivity index (χ0) is 12.1. The highest BCUT2D eigenvalue weighted by atomic mass is 16.7. The highest BCUT2D eigenvalue weighted by molar-refractivity contribution is 6.00. The van der Waals surface area contributed by atoms with Crippen LogP contribution in [0.3, 0.4) is 0 Å². The van der Waals surface area contributed by atoms with Crippen molar-refractivity contribution in [1.29, 1.82) is 0 Å². The first-order chi connectivity index (χ1) is 7.63. The normalized spacial score (nSPS) is 10.6. The standard InChI is InChI=1S/C12H16O4/c1-8-7-9(14-2)5-6-10(8)11(13)12(15-3)16-4/h5-7,12H,1-4H3. The van der Waals surface area contributed by atoms with E-state index < -0.39 is 6.29 Å². The van der Waals surface area contributed by atoms with E-state index in [9.17, 15) is 4.79 Å². The van der Waals surface area contributed by atoms with Crippen molar-refractivity contribution in [2.45, 2.75) is 13.2 Å². The van der Waals surface area contributed by atoms with Crippen LogP contribution in [0.1, 0.15) is 15.9 Å². The topological polar surface area (TPSA) is 44.8 Å². The van der Waals surface area contributed by atoms with E-state index in [1.165, 1.54) is 14.2 Å². The maximum atomic E-state index is 11.9. The fourth-order valence-electron chi connectivity index (χ4n) is 1.48. The summed E-state index contributed by atoms with van der Waals surface area (Å²) in [4.78, 5) is 11.9. The van der Waals surface area contributed by atoms with E-state index in [1.54, 1.807) is 25.3 Å². The average molecular weight is 224 g/mol. The molecule has 1 rings (SSSR count). The third-order valence-electron chi connectivity index (χ3n) is 2.34. The molecule has 0 saturated carbocycles. The fraction of sp³-hybridized carbons (Fsp3) is 0.417. The Hall–Kier alpha value is -1.39. The van der Waals surface area contributed by atoms with E-state index in [0.29, 0.717) is 5.56 Å². The summed E-state index contributed by atoms with van der Waals surface area (Å²) in [6.07, 6.45) is -0.855. The van der Waals surface area contributed by atoms with E-state index in [4.69, 9.17) is 14.2 Å². The zero-order valence-corrected chi connectivity index (χ0v) is 9.94. The Labute approximate surface area is 95.1 Å². The Morgan fingerprint density at radius 1 is 1.19 bits per heavy atom. The molecule has 0 aliphatic rings. The van der Waals surface area contributed by atoms with Crippen LogP contribution in [0.2, 0.25) is 0 Å². The number of benzene rings is 1. The number of carbonyl (C=O) groups is 1. The van der Waals surface area contributed by atoms with Crippen LogP contribution in [-0.4, -0.2) is 33.4 Å². The van der Waals surface area contributed by atoms with Gasteiger partial charge < -0.3 is 14.2 Å². The van der Waals surface area contributed by atoms with Crippen molar-refractivity contribution < 1.29 is 19.0 Å². The predicted octanol–water partition coefficient (Wildman–Crippen LogP) is 1.81. The molecule has 0 aliphatic heterocycles. The summed E-state index contributed by atoms with van der Waals surface area (Å²) in [7, 11) is 4.46. The molecular formula is C12H16O4. The Bertz CT molecular complexity index is 369. The van der Waals surface area contributed by atoms with Gasteiger partial charge in [0, 0.05) is 19.8 Å². The summed E-state index contributed by atoms with van der Waals surface area (Å²) in [5, 5.41) is 0. The van der Waals surface area contributed by atoms with Gasteiger partial charge in [0.05, 0.1) is 7.11 Å². The van der Waals surface area contributed by atoms with Crippen molar-refractivity contribution in [3.63, 3.8) is 0 Å². The Kier molecular flexibility index (Phi) is 4.46. The molecule has 0 amide bonds. The first-order valence-corrected chi connectivity index (χ1v) is 4.88. The van der Waals surface area contributed by atoms with E-state index in [-0.39, 0.29) is 5.78 Å². The van der Waals surface area contributed by atoms with Gasteiger partial charge in [-0.25, -0.2) is 0 Å². The molecule has 0 spiro atoms. The number of methoxy groups -OCH3 is 3. The number of aryl methyl sites for hydroxylation is 1. The van der Waals surface area contributed by atoms with Crippen molar-refractivity contribution in [1.82, 2.24) is 0 Å². The molecule has 4 heteroatoms. The van der Waals surface area contributed by atoms with Crippen LogP contribution in [0, 0.1) is 6.92 Å². The summed E-state index contributed by atoms with van der Waals surface area (Å²) in [5.41, 5.74) is 1.41. The maximum Gasteiger partial charge on any atom is 0.222 e. The fourth-order valence-corrected chi connectivity index (χ4v) is 1.48. The molecule has 0 bridgehead atoms. The Balaban J connectivity index is 3.00. The first kappa shape index (κ1) is 12.7. The average Bonchev–Trinajstić information content (AvgIpc) is 2.30. The van der Waals surface area contributed by atoms with Crippen LogP contribution >= 0.6 is 0 Å². The molecule has 0 N–H and O–H groups in total. The van der Waals surface area contributed by atoms with Crippen LogP contribution in [0.5, 0.6) is 5.75 Å². The lowest BCUT2D eigenvalue weighted by molar-refractivity contribution is -0.0742. The third kappa shape index (κ3) is 2.59. The molecule has 16 heavy (non-hydrogen) atoms. The van der Waals surface area contributed by atoms with Crippen LogP contribution in [0.25, 0.3) is 0 Å². The number of hydrogen-bond donors (Lipinski definition) is 0. The van der Waals surface area contributed by atoms with Gasteiger partial charge in [-0.05, 0) is 30.7 Å². The number of hydrogen-bond acceptors (Lipinski definition) is 4. The Morgan fingerprint density at radius 3 is 2.25 bits per heavy atom. The van der Waals surface area contributed by atoms with E-state index in [1.807, 2.05) is 6.92 Å². The number of ether oxygens (including phenoxy) is 3. The molecule has 0 unspecified atom stereocenters. The highest BCUT2D eigenvalue weighted by Gasteiger charge is 2.20. The lowest BCUT2D eigenvalue weighted by atomic mass is 10.0. The summed E-state index contributed by atoms with van der Waals surface area (Å²) in [5.74, 6) is 0.533. The predicted molar refractivity (Wildman–Crippen MR) is 59.9 cm³/mol. The minimum Gasteiger partial charge on any atom is -0.497 e. The second kappa shape index (κ2) is 5.63. The van der Waals surface area contributed by atoms with Crippen LogP contribution in [-0.2, 0) is 9.47 Å². The van der Waals surface area contributed by atoms with Crippen LogP contribution in [0.4, 0.5) is 0 Å². The summed E-state index contributed by atoms with van der Waals surface area (Å²) < 4.78 is 14.9. The molecule has 0 saturated heterocycles. The van der Waals surface area contributed by atoms with E-state index >= 15 is 0 Å². The lowest BCUT2D eigenvalue weighted by Gasteiger charge is -2.14. The molecule has 4 nitrogen and oxygen atoms in total. The van der Waals surface area contributed by atoms with Gasteiger partial charge in [-0.15, -0.1) is 0 Å². The highest BCUT2D eigenvalue weighted by Crippen LogP contribution is 2.18. The van der Waals surface area contributed by atoms with E-state index in [0.717, 1.165) is 11.3 Å². The minimum atomic E-state index is -0.855. The van der Waals surface area contributed by atoms with Gasteiger partial charge in [-0.2, -0.15) is 0 Å². The molecular weight excluding hydrogens is 208 g/mol. The second-order valence-electron chi connectivity index (χ2n) is 3.35. The molecule has 0 aromatic heterocycles. The molecule has 0 heterocycles. The quantitative estimate of drug-likeness (QED) is 0.565. The first-order valence-electron chi connectivity index (χ1n) is 4.88. The summed E-state index contributed by atoms with van der Waals surface area (Å²) in [6.45, 7) is 1.85. The van der Waals surface area contributed by atoms with Gasteiger partial charge in [0.15, 0.2) is 0 Å². The van der Waals surface area contributed by atoms with Gasteiger partial charge in [0.2, 0.25) is 12.1 Å². The zero-order valence-electron chi connectivity index (χ0n) is 9.94. The third-order valence-corrected chi connectivity index (χ3v) is 2.34. The van der Waals surface area contributed by atoms with E-state index in [2.05, 4.69) is 0 Å². The number of carbonyl (C=O) groups excluding carboxylic acids is 1. The summed E-state index contributed by atoms with van der Waals surface area (Å²) in [6, 6.07) is 5.25. The molecule has 0 fully saturated rings. The SMILES string of the molecule is COc1ccc(C(=O)C(OC)OC)c(C)c1.